The van der Waals surface area contributed by atoms with Crippen molar-refractivity contribution in [2.24, 2.45) is 11.7 Å². The van der Waals surface area contributed by atoms with Crippen molar-refractivity contribution in [3.05, 3.63) is 0 Å². The maximum atomic E-state index is 12.7. The molecular formula is C21H37N7O9. The number of carbonyl (C=O) groups excluding carboxylic acids is 6. The second-order valence-electron chi connectivity index (χ2n) is 8.42. The summed E-state index contributed by atoms with van der Waals surface area (Å²) >= 11 is 0. The number of aliphatic hydroxyl groups is 1. The van der Waals surface area contributed by atoms with Gasteiger partial charge in [0.25, 0.3) is 11.8 Å². The van der Waals surface area contributed by atoms with E-state index in [-0.39, 0.29) is 38.9 Å². The molecule has 7 amide bonds. The first-order valence-corrected chi connectivity index (χ1v) is 11.8. The molecule has 5 atom stereocenters. The molecule has 16 heteroatoms. The Hall–Kier alpha value is -3.50. The van der Waals surface area contributed by atoms with Gasteiger partial charge in [-0.25, -0.2) is 4.79 Å². The van der Waals surface area contributed by atoms with Crippen LogP contribution in [-0.2, 0) is 33.4 Å². The Kier molecular flexibility index (Phi) is 13.9. The molecule has 1 heterocycles. The number of hydrazine groups is 1. The van der Waals surface area contributed by atoms with Crippen LogP contribution in [0.4, 0.5) is 4.79 Å². The van der Waals surface area contributed by atoms with E-state index in [1.54, 1.807) is 6.92 Å². The lowest BCUT2D eigenvalue weighted by molar-refractivity contribution is -0.135. The Morgan fingerprint density at radius 2 is 1.59 bits per heavy atom. The van der Waals surface area contributed by atoms with E-state index in [1.165, 1.54) is 6.92 Å². The van der Waals surface area contributed by atoms with Crippen molar-refractivity contribution in [1.29, 1.82) is 0 Å². The molecule has 0 saturated carbocycles. The normalized spacial score (nSPS) is 25.5. The molecule has 9 N–H and O–H groups in total. The zero-order valence-electron chi connectivity index (χ0n) is 21.1. The summed E-state index contributed by atoms with van der Waals surface area (Å²) in [6, 6.07) is -5.02. The third-order valence-corrected chi connectivity index (χ3v) is 5.35. The second kappa shape index (κ2) is 16.3. The number of hydrogen-bond donors (Lipinski definition) is 8. The number of hydrogen-bond acceptors (Lipinski definition) is 9. The molecular weight excluding hydrogens is 494 g/mol. The average molecular weight is 532 g/mol. The number of urea groups is 1. The molecule has 37 heavy (non-hydrogen) atoms. The minimum Gasteiger partial charge on any atom is -0.391 e. The van der Waals surface area contributed by atoms with Crippen LogP contribution in [-0.4, -0.2) is 97.9 Å². The van der Waals surface area contributed by atoms with Gasteiger partial charge in [0.1, 0.15) is 24.7 Å². The van der Waals surface area contributed by atoms with Crippen LogP contribution in [0.2, 0.25) is 0 Å². The van der Waals surface area contributed by atoms with E-state index >= 15 is 0 Å². The Morgan fingerprint density at radius 1 is 0.946 bits per heavy atom. The van der Waals surface area contributed by atoms with Gasteiger partial charge in [-0.2, -0.15) is 0 Å². The lowest BCUT2D eigenvalue weighted by atomic mass is 9.98. The maximum Gasteiger partial charge on any atom is 0.316 e. The maximum absolute atomic E-state index is 12.7. The molecule has 0 aromatic rings. The summed E-state index contributed by atoms with van der Waals surface area (Å²) in [7, 11) is 0. The van der Waals surface area contributed by atoms with E-state index in [0.29, 0.717) is 6.42 Å². The van der Waals surface area contributed by atoms with Crippen LogP contribution in [0.3, 0.4) is 0 Å². The van der Waals surface area contributed by atoms with Gasteiger partial charge < -0.3 is 41.6 Å². The molecule has 1 aliphatic heterocycles. The van der Waals surface area contributed by atoms with Crippen molar-refractivity contribution in [2.45, 2.75) is 57.8 Å². The van der Waals surface area contributed by atoms with Crippen LogP contribution in [0.25, 0.3) is 0 Å². The largest absolute Gasteiger partial charge is 0.391 e. The van der Waals surface area contributed by atoms with Gasteiger partial charge in [-0.15, -0.1) is 0 Å². The van der Waals surface area contributed by atoms with Gasteiger partial charge in [0, 0.05) is 6.54 Å². The zero-order chi connectivity index (χ0) is 28.0. The molecule has 0 aromatic heterocycles. The molecule has 0 radical (unpaired) electrons. The van der Waals surface area contributed by atoms with E-state index in [9.17, 15) is 33.9 Å². The minimum absolute atomic E-state index is 0.0446. The van der Waals surface area contributed by atoms with Gasteiger partial charge in [0.2, 0.25) is 17.7 Å². The molecule has 16 nitrogen and oxygen atoms in total. The quantitative estimate of drug-likeness (QED) is 0.173. The Bertz CT molecular complexity index is 824. The first kappa shape index (κ1) is 31.5. The highest BCUT2D eigenvalue weighted by Gasteiger charge is 2.30. The molecule has 0 spiro atoms. The van der Waals surface area contributed by atoms with Gasteiger partial charge in [0.15, 0.2) is 0 Å². The van der Waals surface area contributed by atoms with Gasteiger partial charge in [-0.05, 0) is 12.8 Å². The molecule has 0 bridgehead atoms. The van der Waals surface area contributed by atoms with E-state index in [0.717, 1.165) is 0 Å². The first-order valence-electron chi connectivity index (χ1n) is 11.8. The Labute approximate surface area is 214 Å². The van der Waals surface area contributed by atoms with Crippen molar-refractivity contribution in [2.75, 3.05) is 33.0 Å². The number of primary amides is 1. The van der Waals surface area contributed by atoms with Gasteiger partial charge in [-0.3, -0.25) is 34.8 Å². The van der Waals surface area contributed by atoms with E-state index < -0.39 is 66.2 Å². The van der Waals surface area contributed by atoms with Crippen LogP contribution < -0.4 is 37.9 Å². The lowest BCUT2D eigenvalue weighted by Crippen LogP contribution is -2.61. The topological polar surface area (TPSA) is 239 Å². The fourth-order valence-electron chi connectivity index (χ4n) is 3.10. The van der Waals surface area contributed by atoms with Crippen LogP contribution in [0.15, 0.2) is 0 Å². The summed E-state index contributed by atoms with van der Waals surface area (Å²) in [5, 5.41) is 19.4. The summed E-state index contributed by atoms with van der Waals surface area (Å²) < 4.78 is 10.5. The highest BCUT2D eigenvalue weighted by molar-refractivity contribution is 5.95. The fraction of sp³-hybridized carbons (Fsp3) is 0.714. The number of aliphatic hydroxyl groups excluding tert-OH is 1. The monoisotopic (exact) mass is 531 g/mol. The number of nitrogens with one attached hydrogen (secondary N) is 6. The van der Waals surface area contributed by atoms with Crippen LogP contribution in [0, 0.1) is 5.92 Å². The minimum atomic E-state index is -1.54. The predicted octanol–water partition coefficient (Wildman–Crippen LogP) is -3.88. The lowest BCUT2D eigenvalue weighted by Gasteiger charge is -2.25. The molecule has 0 aliphatic carbocycles. The van der Waals surface area contributed by atoms with Crippen molar-refractivity contribution in [1.82, 2.24) is 32.1 Å². The SMILES string of the molecule is CCC(C)C1NC(=O)COCCOCCNC(=O)C(C(C)O)NC(=O)N[C@@H](CC(N)=O)C(=O)NNC1=O. The molecule has 1 aliphatic rings. The van der Waals surface area contributed by atoms with E-state index in [2.05, 4.69) is 32.1 Å². The molecule has 4 unspecified atom stereocenters. The third-order valence-electron chi connectivity index (χ3n) is 5.35. The fourth-order valence-corrected chi connectivity index (χ4v) is 3.10. The Balaban J connectivity index is 3.07. The number of nitrogens with two attached hydrogens (primary N) is 1. The van der Waals surface area contributed by atoms with Crippen molar-refractivity contribution in [3.8, 4) is 0 Å². The Morgan fingerprint density at radius 3 is 2.22 bits per heavy atom. The highest BCUT2D eigenvalue weighted by atomic mass is 16.5. The van der Waals surface area contributed by atoms with Crippen LogP contribution in [0.1, 0.15) is 33.6 Å². The molecule has 1 rings (SSSR count). The van der Waals surface area contributed by atoms with E-state index in [4.69, 9.17) is 15.2 Å². The van der Waals surface area contributed by atoms with Crippen molar-refractivity contribution < 1.29 is 43.3 Å². The predicted molar refractivity (Wildman–Crippen MR) is 127 cm³/mol. The molecule has 0 aromatic carbocycles. The summed E-state index contributed by atoms with van der Waals surface area (Å²) in [6.07, 6.45) is -1.43. The van der Waals surface area contributed by atoms with Crippen molar-refractivity contribution in [3.63, 3.8) is 0 Å². The van der Waals surface area contributed by atoms with E-state index in [1.807, 2.05) is 6.92 Å². The van der Waals surface area contributed by atoms with Gasteiger partial charge in [-0.1, -0.05) is 20.3 Å². The van der Waals surface area contributed by atoms with Gasteiger partial charge >= 0.3 is 6.03 Å². The van der Waals surface area contributed by atoms with Crippen molar-refractivity contribution >= 4 is 35.6 Å². The smallest absolute Gasteiger partial charge is 0.316 e. The second-order valence-corrected chi connectivity index (χ2v) is 8.42. The summed E-state index contributed by atoms with van der Waals surface area (Å²) in [5.74, 6) is -4.31. The number of ether oxygens (including phenoxy) is 2. The summed E-state index contributed by atoms with van der Waals surface area (Å²) in [5.41, 5.74) is 9.42. The molecule has 210 valence electrons. The number of carbonyl (C=O) groups is 6. The molecule has 1 fully saturated rings. The van der Waals surface area contributed by atoms with Gasteiger partial charge in [0.05, 0.1) is 32.3 Å². The van der Waals surface area contributed by atoms with Crippen LogP contribution >= 0.6 is 0 Å². The number of amides is 7. The highest BCUT2D eigenvalue weighted by Crippen LogP contribution is 2.08. The first-order chi connectivity index (χ1) is 17.5. The average Bonchev–Trinajstić information content (AvgIpc) is 2.83. The molecule has 1 saturated heterocycles. The zero-order valence-corrected chi connectivity index (χ0v) is 21.1. The summed E-state index contributed by atoms with van der Waals surface area (Å²) in [4.78, 5) is 73.9. The standard InChI is InChI=1S/C21H37N7O9/c1-4-11(2)16-20(34)28-27-18(32)13(9-14(22)30)24-21(35)26-17(12(3)29)19(33)23-5-6-36-7-8-37-10-15(31)25-16/h11-13,16-17,29H,4-10H2,1-3H3,(H2,22,30)(H,23,33)(H,25,31)(H,27,32)(H,28,34)(H2,24,26,35)/t11?,12?,13-,16?,17?/m0/s1. The summed E-state index contributed by atoms with van der Waals surface area (Å²) in [6.45, 7) is 4.76. The van der Waals surface area contributed by atoms with Crippen LogP contribution in [0.5, 0.6) is 0 Å². The number of rotatable bonds is 5. The third kappa shape index (κ3) is 11.9.